The molecule has 0 aromatic heterocycles. The molecule has 1 saturated heterocycles. The highest BCUT2D eigenvalue weighted by Crippen LogP contribution is 2.23. The van der Waals surface area contributed by atoms with E-state index < -0.39 is 0 Å². The Balaban J connectivity index is 1.94. The Morgan fingerprint density at radius 1 is 1.33 bits per heavy atom. The quantitative estimate of drug-likeness (QED) is 0.897. The Labute approximate surface area is 132 Å². The Bertz CT molecular complexity index is 452. The van der Waals surface area contributed by atoms with Crippen LogP contribution in [0.25, 0.3) is 0 Å². The lowest BCUT2D eigenvalue weighted by Crippen LogP contribution is -2.45. The number of halogens is 1. The summed E-state index contributed by atoms with van der Waals surface area (Å²) < 4.78 is 0. The summed E-state index contributed by atoms with van der Waals surface area (Å²) in [4.78, 5) is 13.3. The largest absolute Gasteiger partial charge is 0.343 e. The Hall–Kier alpha value is -1.06. The first-order valence-electron chi connectivity index (χ1n) is 7.87. The van der Waals surface area contributed by atoms with Crippen LogP contribution in [0, 0.1) is 0 Å². The summed E-state index contributed by atoms with van der Waals surface area (Å²) in [6.45, 7) is 5.60. The van der Waals surface area contributed by atoms with Gasteiger partial charge >= 0.3 is 0 Å². The summed E-state index contributed by atoms with van der Waals surface area (Å²) >= 11 is 5.97. The molecule has 0 bridgehead atoms. The molecular weight excluding hydrogens is 284 g/mol. The van der Waals surface area contributed by atoms with E-state index in [0.717, 1.165) is 43.8 Å². The molecule has 21 heavy (non-hydrogen) atoms. The van der Waals surface area contributed by atoms with Crippen molar-refractivity contribution in [2.45, 2.75) is 51.6 Å². The molecule has 2 rings (SSSR count). The molecule has 0 aliphatic carbocycles. The van der Waals surface area contributed by atoms with Crippen molar-refractivity contribution < 1.29 is 4.79 Å². The van der Waals surface area contributed by atoms with Gasteiger partial charge in [0.25, 0.3) is 0 Å². The number of amides is 1. The molecule has 1 aromatic carbocycles. The number of piperidine rings is 1. The third-order valence-electron chi connectivity index (χ3n) is 4.23. The zero-order valence-electron chi connectivity index (χ0n) is 12.9. The van der Waals surface area contributed by atoms with Crippen LogP contribution in [0.4, 0.5) is 0 Å². The molecule has 1 heterocycles. The lowest BCUT2D eigenvalue weighted by atomic mass is 9.98. The fourth-order valence-electron chi connectivity index (χ4n) is 2.98. The summed E-state index contributed by atoms with van der Waals surface area (Å²) in [5, 5.41) is 4.55. The van der Waals surface area contributed by atoms with E-state index in [9.17, 15) is 4.79 Å². The molecule has 1 aliphatic rings. The molecule has 0 spiro atoms. The fraction of sp³-hybridized carbons (Fsp3) is 0.588. The summed E-state index contributed by atoms with van der Waals surface area (Å²) in [5.41, 5.74) is 1.30. The van der Waals surface area contributed by atoms with Crippen LogP contribution in [0.1, 0.15) is 51.1 Å². The molecule has 1 fully saturated rings. The first kappa shape index (κ1) is 16.3. The minimum Gasteiger partial charge on any atom is -0.343 e. The number of carbonyl (C=O) groups is 1. The van der Waals surface area contributed by atoms with Crippen LogP contribution in [-0.4, -0.2) is 29.9 Å². The molecule has 1 amide bonds. The van der Waals surface area contributed by atoms with Crippen molar-refractivity contribution in [1.29, 1.82) is 0 Å². The van der Waals surface area contributed by atoms with Gasteiger partial charge < -0.3 is 10.2 Å². The number of hydrogen-bond donors (Lipinski definition) is 1. The first-order chi connectivity index (χ1) is 10.1. The van der Waals surface area contributed by atoms with Crippen molar-refractivity contribution in [2.75, 3.05) is 13.1 Å². The maximum atomic E-state index is 11.4. The number of benzene rings is 1. The van der Waals surface area contributed by atoms with Gasteiger partial charge in [-0.05, 0) is 37.0 Å². The Kier molecular flexibility index (Phi) is 6.07. The molecule has 116 valence electrons. The van der Waals surface area contributed by atoms with Crippen molar-refractivity contribution in [1.82, 2.24) is 10.2 Å². The summed E-state index contributed by atoms with van der Waals surface area (Å²) in [6.07, 6.45) is 4.34. The molecule has 1 atom stereocenters. The monoisotopic (exact) mass is 308 g/mol. The SMILES string of the molecule is CCCC(NC1CCN(C(C)=O)CC1)c1ccc(Cl)cc1. The Morgan fingerprint density at radius 3 is 2.48 bits per heavy atom. The average molecular weight is 309 g/mol. The van der Waals surface area contributed by atoms with Gasteiger partial charge in [-0.15, -0.1) is 0 Å². The summed E-state index contributed by atoms with van der Waals surface area (Å²) in [6, 6.07) is 9.01. The second-order valence-corrected chi connectivity index (χ2v) is 6.28. The molecule has 4 heteroatoms. The highest BCUT2D eigenvalue weighted by molar-refractivity contribution is 6.30. The van der Waals surface area contributed by atoms with Gasteiger partial charge in [0, 0.05) is 37.1 Å². The number of nitrogens with one attached hydrogen (secondary N) is 1. The number of rotatable bonds is 5. The fourth-order valence-corrected chi connectivity index (χ4v) is 3.10. The zero-order valence-corrected chi connectivity index (χ0v) is 13.7. The van der Waals surface area contributed by atoms with E-state index in [1.165, 1.54) is 5.56 Å². The van der Waals surface area contributed by atoms with E-state index in [1.807, 2.05) is 17.0 Å². The van der Waals surface area contributed by atoms with Crippen molar-refractivity contribution >= 4 is 17.5 Å². The van der Waals surface area contributed by atoms with Crippen LogP contribution in [0.2, 0.25) is 5.02 Å². The standard InChI is InChI=1S/C17H25ClN2O/c1-3-4-17(14-5-7-15(18)8-6-14)19-16-9-11-20(12-10-16)13(2)21/h5-8,16-17,19H,3-4,9-12H2,1-2H3. The maximum Gasteiger partial charge on any atom is 0.219 e. The van der Waals surface area contributed by atoms with E-state index in [1.54, 1.807) is 6.92 Å². The topological polar surface area (TPSA) is 32.3 Å². The predicted molar refractivity (Wildman–Crippen MR) is 87.5 cm³/mol. The molecule has 0 radical (unpaired) electrons. The molecule has 1 aromatic rings. The lowest BCUT2D eigenvalue weighted by Gasteiger charge is -2.34. The minimum absolute atomic E-state index is 0.191. The second kappa shape index (κ2) is 7.81. The molecular formula is C17H25ClN2O. The summed E-state index contributed by atoms with van der Waals surface area (Å²) in [5.74, 6) is 0.191. The smallest absolute Gasteiger partial charge is 0.219 e. The molecule has 3 nitrogen and oxygen atoms in total. The van der Waals surface area contributed by atoms with Gasteiger partial charge in [0.1, 0.15) is 0 Å². The van der Waals surface area contributed by atoms with Crippen LogP contribution < -0.4 is 5.32 Å². The molecule has 1 unspecified atom stereocenters. The normalized spacial score (nSPS) is 17.8. The predicted octanol–water partition coefficient (Wildman–Crippen LogP) is 3.78. The Morgan fingerprint density at radius 2 is 1.95 bits per heavy atom. The second-order valence-electron chi connectivity index (χ2n) is 5.84. The van der Waals surface area contributed by atoms with Gasteiger partial charge in [-0.25, -0.2) is 0 Å². The lowest BCUT2D eigenvalue weighted by molar-refractivity contribution is -0.129. The first-order valence-corrected chi connectivity index (χ1v) is 8.25. The zero-order chi connectivity index (χ0) is 15.2. The maximum absolute atomic E-state index is 11.4. The van der Waals surface area contributed by atoms with Crippen LogP contribution in [0.15, 0.2) is 24.3 Å². The van der Waals surface area contributed by atoms with E-state index in [0.29, 0.717) is 12.1 Å². The third kappa shape index (κ3) is 4.72. The van der Waals surface area contributed by atoms with E-state index >= 15 is 0 Å². The number of nitrogens with zero attached hydrogens (tertiary/aromatic N) is 1. The van der Waals surface area contributed by atoms with Gasteiger partial charge in [0.15, 0.2) is 0 Å². The number of hydrogen-bond acceptors (Lipinski definition) is 2. The molecule has 0 saturated carbocycles. The van der Waals surface area contributed by atoms with Crippen LogP contribution in [0.5, 0.6) is 0 Å². The van der Waals surface area contributed by atoms with Crippen molar-refractivity contribution in [3.05, 3.63) is 34.9 Å². The third-order valence-corrected chi connectivity index (χ3v) is 4.48. The van der Waals surface area contributed by atoms with E-state index in [-0.39, 0.29) is 5.91 Å². The minimum atomic E-state index is 0.191. The van der Waals surface area contributed by atoms with Crippen molar-refractivity contribution in [3.8, 4) is 0 Å². The highest BCUT2D eigenvalue weighted by Gasteiger charge is 2.23. The van der Waals surface area contributed by atoms with Crippen LogP contribution in [0.3, 0.4) is 0 Å². The van der Waals surface area contributed by atoms with Gasteiger partial charge in [0.2, 0.25) is 5.91 Å². The number of likely N-dealkylation sites (tertiary alicyclic amines) is 1. The van der Waals surface area contributed by atoms with Gasteiger partial charge in [-0.3, -0.25) is 4.79 Å². The molecule has 1 N–H and O–H groups in total. The van der Waals surface area contributed by atoms with Gasteiger partial charge in [-0.2, -0.15) is 0 Å². The van der Waals surface area contributed by atoms with Crippen LogP contribution in [-0.2, 0) is 4.79 Å². The summed E-state index contributed by atoms with van der Waals surface area (Å²) in [7, 11) is 0. The van der Waals surface area contributed by atoms with E-state index in [4.69, 9.17) is 11.6 Å². The molecule has 1 aliphatic heterocycles. The highest BCUT2D eigenvalue weighted by atomic mass is 35.5. The van der Waals surface area contributed by atoms with Gasteiger partial charge in [0.05, 0.1) is 0 Å². The van der Waals surface area contributed by atoms with Crippen LogP contribution >= 0.6 is 11.6 Å². The van der Waals surface area contributed by atoms with Gasteiger partial charge in [-0.1, -0.05) is 37.1 Å². The van der Waals surface area contributed by atoms with Crippen molar-refractivity contribution in [2.24, 2.45) is 0 Å². The van der Waals surface area contributed by atoms with Crippen molar-refractivity contribution in [3.63, 3.8) is 0 Å². The average Bonchev–Trinajstić information content (AvgIpc) is 2.48. The number of carbonyl (C=O) groups excluding carboxylic acids is 1. The van der Waals surface area contributed by atoms with E-state index in [2.05, 4.69) is 24.4 Å².